The number of anilines is 1. The molecule has 2 aromatic rings. The van der Waals surface area contributed by atoms with Crippen LogP contribution in [0.2, 0.25) is 5.02 Å². The van der Waals surface area contributed by atoms with E-state index < -0.39 is 0 Å². The summed E-state index contributed by atoms with van der Waals surface area (Å²) in [7, 11) is 0. The van der Waals surface area contributed by atoms with E-state index in [-0.39, 0.29) is 12.5 Å². The number of nitrogens with one attached hydrogen (secondary N) is 1. The maximum atomic E-state index is 12.2. The first kappa shape index (κ1) is 15.0. The summed E-state index contributed by atoms with van der Waals surface area (Å²) in [5.41, 5.74) is 8.04. The fourth-order valence-electron chi connectivity index (χ4n) is 1.69. The molecule has 0 aliphatic carbocycles. The third kappa shape index (κ3) is 3.82. The molecule has 0 aliphatic rings. The molecule has 0 saturated heterocycles. The first-order chi connectivity index (χ1) is 10.1. The molecule has 106 valence electrons. The predicted octanol–water partition coefficient (Wildman–Crippen LogP) is 2.61. The lowest BCUT2D eigenvalue weighted by atomic mass is 10.1. The molecule has 2 rings (SSSR count). The van der Waals surface area contributed by atoms with Crippen LogP contribution >= 0.6 is 11.6 Å². The van der Waals surface area contributed by atoms with Crippen molar-refractivity contribution >= 4 is 23.2 Å². The Morgan fingerprint density at radius 1 is 1.43 bits per heavy atom. The zero-order valence-corrected chi connectivity index (χ0v) is 12.2. The van der Waals surface area contributed by atoms with Crippen LogP contribution in [0, 0.1) is 18.8 Å². The molecule has 5 heteroatoms. The monoisotopic (exact) mass is 299 g/mol. The van der Waals surface area contributed by atoms with Gasteiger partial charge in [-0.05, 0) is 36.8 Å². The highest BCUT2D eigenvalue weighted by molar-refractivity contribution is 6.32. The van der Waals surface area contributed by atoms with Gasteiger partial charge < -0.3 is 11.1 Å². The quantitative estimate of drug-likeness (QED) is 0.838. The third-order valence-corrected chi connectivity index (χ3v) is 3.16. The Morgan fingerprint density at radius 3 is 2.90 bits per heavy atom. The molecule has 1 heterocycles. The van der Waals surface area contributed by atoms with Gasteiger partial charge in [0, 0.05) is 17.3 Å². The molecule has 0 saturated carbocycles. The van der Waals surface area contributed by atoms with Crippen LogP contribution in [0.3, 0.4) is 0 Å². The fourth-order valence-corrected chi connectivity index (χ4v) is 1.92. The SMILES string of the molecule is Cc1ccncc1NC(=O)c1ccc(C#CCN)c(Cl)c1. The number of aryl methyl sites for hydroxylation is 1. The average Bonchev–Trinajstić information content (AvgIpc) is 2.48. The number of benzene rings is 1. The van der Waals surface area contributed by atoms with Crippen molar-refractivity contribution in [1.29, 1.82) is 0 Å². The van der Waals surface area contributed by atoms with Crippen molar-refractivity contribution in [3.63, 3.8) is 0 Å². The number of carbonyl (C=O) groups is 1. The number of rotatable bonds is 2. The molecule has 0 fully saturated rings. The lowest BCUT2D eigenvalue weighted by Gasteiger charge is -2.08. The van der Waals surface area contributed by atoms with E-state index in [9.17, 15) is 4.79 Å². The summed E-state index contributed by atoms with van der Waals surface area (Å²) >= 11 is 6.11. The first-order valence-electron chi connectivity index (χ1n) is 6.32. The van der Waals surface area contributed by atoms with Crippen molar-refractivity contribution in [3.05, 3.63) is 58.4 Å². The summed E-state index contributed by atoms with van der Waals surface area (Å²) in [5, 5.41) is 3.22. The maximum absolute atomic E-state index is 12.2. The summed E-state index contributed by atoms with van der Waals surface area (Å²) in [6, 6.07) is 6.79. The van der Waals surface area contributed by atoms with Crippen molar-refractivity contribution in [3.8, 4) is 11.8 Å². The Hall–Kier alpha value is -2.35. The van der Waals surface area contributed by atoms with Gasteiger partial charge in [-0.2, -0.15) is 0 Å². The van der Waals surface area contributed by atoms with Crippen LogP contribution < -0.4 is 11.1 Å². The number of hydrogen-bond acceptors (Lipinski definition) is 3. The zero-order valence-electron chi connectivity index (χ0n) is 11.5. The largest absolute Gasteiger partial charge is 0.320 e. The summed E-state index contributed by atoms with van der Waals surface area (Å²) in [6.07, 6.45) is 3.28. The van der Waals surface area contributed by atoms with Gasteiger partial charge in [-0.15, -0.1) is 0 Å². The van der Waals surface area contributed by atoms with Crippen LogP contribution in [0.5, 0.6) is 0 Å². The van der Waals surface area contributed by atoms with Crippen LogP contribution in [0.1, 0.15) is 21.5 Å². The van der Waals surface area contributed by atoms with Gasteiger partial charge in [0.2, 0.25) is 0 Å². The van der Waals surface area contributed by atoms with Crippen molar-refractivity contribution < 1.29 is 4.79 Å². The molecule has 0 spiro atoms. The van der Waals surface area contributed by atoms with Gasteiger partial charge in [0.05, 0.1) is 23.5 Å². The topological polar surface area (TPSA) is 68.0 Å². The van der Waals surface area contributed by atoms with E-state index in [4.69, 9.17) is 17.3 Å². The van der Waals surface area contributed by atoms with Crippen molar-refractivity contribution in [2.45, 2.75) is 6.92 Å². The molecular weight excluding hydrogens is 286 g/mol. The molecule has 1 amide bonds. The standard InChI is InChI=1S/C16H14ClN3O/c1-11-6-8-19-10-15(11)20-16(21)13-5-4-12(3-2-7-18)14(17)9-13/h4-6,8-10H,7,18H2,1H3,(H,20,21). The van der Waals surface area contributed by atoms with E-state index in [0.717, 1.165) is 5.56 Å². The van der Waals surface area contributed by atoms with Crippen LogP contribution in [0.15, 0.2) is 36.7 Å². The molecule has 1 aromatic carbocycles. The van der Waals surface area contributed by atoms with Gasteiger partial charge in [-0.3, -0.25) is 9.78 Å². The fraction of sp³-hybridized carbons (Fsp3) is 0.125. The first-order valence-corrected chi connectivity index (χ1v) is 6.70. The Bertz CT molecular complexity index is 732. The van der Waals surface area contributed by atoms with Gasteiger partial charge in [0.25, 0.3) is 5.91 Å². The highest BCUT2D eigenvalue weighted by Crippen LogP contribution is 2.19. The molecule has 0 atom stereocenters. The molecule has 4 nitrogen and oxygen atoms in total. The zero-order chi connectivity index (χ0) is 15.2. The maximum Gasteiger partial charge on any atom is 0.255 e. The molecule has 3 N–H and O–H groups in total. The average molecular weight is 300 g/mol. The number of amides is 1. The van der Waals surface area contributed by atoms with Gasteiger partial charge in [-0.25, -0.2) is 0 Å². The second-order valence-electron chi connectivity index (χ2n) is 4.35. The molecule has 1 aromatic heterocycles. The smallest absolute Gasteiger partial charge is 0.255 e. The minimum atomic E-state index is -0.244. The van der Waals surface area contributed by atoms with Crippen LogP contribution in [-0.4, -0.2) is 17.4 Å². The summed E-state index contributed by atoms with van der Waals surface area (Å²) in [6.45, 7) is 2.16. The van der Waals surface area contributed by atoms with E-state index in [2.05, 4.69) is 22.1 Å². The van der Waals surface area contributed by atoms with E-state index in [1.54, 1.807) is 30.6 Å². The lowest BCUT2D eigenvalue weighted by molar-refractivity contribution is 0.102. The number of carbonyl (C=O) groups excluding carboxylic acids is 1. The second-order valence-corrected chi connectivity index (χ2v) is 4.75. The van der Waals surface area contributed by atoms with Gasteiger partial charge in [0.15, 0.2) is 0 Å². The number of nitrogens with zero attached hydrogens (tertiary/aromatic N) is 1. The lowest BCUT2D eigenvalue weighted by Crippen LogP contribution is -2.13. The van der Waals surface area contributed by atoms with E-state index in [1.807, 2.05) is 13.0 Å². The molecule has 0 bridgehead atoms. The highest BCUT2D eigenvalue weighted by Gasteiger charge is 2.09. The van der Waals surface area contributed by atoms with Crippen molar-refractivity contribution in [1.82, 2.24) is 4.98 Å². The van der Waals surface area contributed by atoms with Gasteiger partial charge in [0.1, 0.15) is 0 Å². The molecular formula is C16H14ClN3O. The molecule has 0 radical (unpaired) electrons. The Morgan fingerprint density at radius 2 is 2.24 bits per heavy atom. The number of pyridine rings is 1. The number of nitrogens with two attached hydrogens (primary N) is 1. The summed E-state index contributed by atoms with van der Waals surface area (Å²) < 4.78 is 0. The molecule has 0 aliphatic heterocycles. The van der Waals surface area contributed by atoms with Crippen molar-refractivity contribution in [2.75, 3.05) is 11.9 Å². The second kappa shape index (κ2) is 6.89. The van der Waals surface area contributed by atoms with E-state index in [0.29, 0.717) is 21.8 Å². The van der Waals surface area contributed by atoms with E-state index >= 15 is 0 Å². The van der Waals surface area contributed by atoms with Crippen molar-refractivity contribution in [2.24, 2.45) is 5.73 Å². The van der Waals surface area contributed by atoms with Crippen LogP contribution in [-0.2, 0) is 0 Å². The molecule has 0 unspecified atom stereocenters. The molecule has 21 heavy (non-hydrogen) atoms. The Balaban J connectivity index is 2.21. The van der Waals surface area contributed by atoms with Gasteiger partial charge in [-0.1, -0.05) is 23.4 Å². The number of halogens is 1. The Labute approximate surface area is 128 Å². The third-order valence-electron chi connectivity index (χ3n) is 2.84. The highest BCUT2D eigenvalue weighted by atomic mass is 35.5. The summed E-state index contributed by atoms with van der Waals surface area (Å²) in [4.78, 5) is 16.2. The summed E-state index contributed by atoms with van der Waals surface area (Å²) in [5.74, 6) is 5.33. The van der Waals surface area contributed by atoms with Crippen LogP contribution in [0.25, 0.3) is 0 Å². The van der Waals surface area contributed by atoms with Crippen LogP contribution in [0.4, 0.5) is 5.69 Å². The minimum Gasteiger partial charge on any atom is -0.320 e. The minimum absolute atomic E-state index is 0.244. The Kier molecular flexibility index (Phi) is 4.94. The van der Waals surface area contributed by atoms with E-state index in [1.165, 1.54) is 0 Å². The number of hydrogen-bond donors (Lipinski definition) is 2. The van der Waals surface area contributed by atoms with Gasteiger partial charge >= 0.3 is 0 Å². The predicted molar refractivity (Wildman–Crippen MR) is 84.3 cm³/mol. The normalized spacial score (nSPS) is 9.67. The number of aromatic nitrogens is 1.